The summed E-state index contributed by atoms with van der Waals surface area (Å²) in [5.41, 5.74) is 0. The normalized spacial score (nSPS) is 30.5. The van der Waals surface area contributed by atoms with E-state index >= 15 is 0 Å². The number of hydrogen-bond acceptors (Lipinski definition) is 3. The Hall–Kier alpha value is -0.810. The first-order chi connectivity index (χ1) is 7.22. The number of amides is 1. The standard InChI is InChI=1S/C10H19N3O2/c1-2-12(10(14)15)7-13-8-3-4-9(13)6-11-5-8/h8-9,11H,2-7H2,1H3,(H,14,15). The van der Waals surface area contributed by atoms with Gasteiger partial charge in [0.2, 0.25) is 0 Å². The molecule has 86 valence electrons. The van der Waals surface area contributed by atoms with Crippen LogP contribution in [0.15, 0.2) is 0 Å². The SMILES string of the molecule is CCN(CN1C2CCC1CNC2)C(=O)O. The molecule has 0 aliphatic carbocycles. The van der Waals surface area contributed by atoms with Gasteiger partial charge in [-0.25, -0.2) is 4.79 Å². The molecule has 2 heterocycles. The van der Waals surface area contributed by atoms with Crippen molar-refractivity contribution in [3.05, 3.63) is 0 Å². The van der Waals surface area contributed by atoms with Crippen LogP contribution in [0.2, 0.25) is 0 Å². The number of piperazine rings is 1. The molecule has 2 atom stereocenters. The number of hydrogen-bond donors (Lipinski definition) is 2. The predicted octanol–water partition coefficient (Wildman–Crippen LogP) is 0.380. The third-order valence-corrected chi connectivity index (χ3v) is 3.52. The zero-order valence-corrected chi connectivity index (χ0v) is 9.15. The Balaban J connectivity index is 1.96. The summed E-state index contributed by atoms with van der Waals surface area (Å²) in [6.07, 6.45) is 1.60. The van der Waals surface area contributed by atoms with Crippen molar-refractivity contribution in [3.63, 3.8) is 0 Å². The first-order valence-electron chi connectivity index (χ1n) is 5.66. The van der Waals surface area contributed by atoms with Crippen LogP contribution in [0.4, 0.5) is 4.79 Å². The van der Waals surface area contributed by atoms with E-state index in [0.717, 1.165) is 13.1 Å². The third kappa shape index (κ3) is 2.08. The quantitative estimate of drug-likeness (QED) is 0.711. The van der Waals surface area contributed by atoms with Crippen molar-refractivity contribution in [2.45, 2.75) is 31.8 Å². The lowest BCUT2D eigenvalue weighted by Crippen LogP contribution is -2.55. The van der Waals surface area contributed by atoms with Gasteiger partial charge in [0.1, 0.15) is 0 Å². The Kier molecular flexibility index (Phi) is 3.11. The monoisotopic (exact) mass is 213 g/mol. The summed E-state index contributed by atoms with van der Waals surface area (Å²) in [4.78, 5) is 14.7. The van der Waals surface area contributed by atoms with Crippen molar-refractivity contribution in [3.8, 4) is 0 Å². The van der Waals surface area contributed by atoms with Crippen LogP contribution >= 0.6 is 0 Å². The van der Waals surface area contributed by atoms with Gasteiger partial charge in [0.15, 0.2) is 0 Å². The second-order valence-electron chi connectivity index (χ2n) is 4.34. The van der Waals surface area contributed by atoms with Crippen molar-refractivity contribution in [2.24, 2.45) is 0 Å². The first-order valence-corrected chi connectivity index (χ1v) is 5.66. The minimum absolute atomic E-state index is 0.539. The second-order valence-corrected chi connectivity index (χ2v) is 4.34. The van der Waals surface area contributed by atoms with Crippen LogP contribution < -0.4 is 5.32 Å². The number of carbonyl (C=O) groups is 1. The van der Waals surface area contributed by atoms with E-state index in [1.807, 2.05) is 6.92 Å². The predicted molar refractivity (Wildman–Crippen MR) is 56.8 cm³/mol. The van der Waals surface area contributed by atoms with Crippen molar-refractivity contribution in [2.75, 3.05) is 26.3 Å². The molecule has 2 unspecified atom stereocenters. The summed E-state index contributed by atoms with van der Waals surface area (Å²) in [6, 6.07) is 1.08. The number of rotatable bonds is 3. The van der Waals surface area contributed by atoms with E-state index in [1.165, 1.54) is 17.7 Å². The molecule has 2 aliphatic rings. The molecule has 2 rings (SSSR count). The molecule has 2 N–H and O–H groups in total. The molecule has 5 nitrogen and oxygen atoms in total. The largest absolute Gasteiger partial charge is 0.465 e. The molecule has 0 saturated carbocycles. The minimum atomic E-state index is -0.810. The highest BCUT2D eigenvalue weighted by atomic mass is 16.4. The highest BCUT2D eigenvalue weighted by molar-refractivity contribution is 5.64. The molecule has 0 aromatic rings. The summed E-state index contributed by atoms with van der Waals surface area (Å²) in [6.45, 7) is 5.04. The van der Waals surface area contributed by atoms with E-state index in [1.54, 1.807) is 0 Å². The number of carboxylic acid groups (broad SMARTS) is 1. The van der Waals surface area contributed by atoms with Crippen molar-refractivity contribution < 1.29 is 9.90 Å². The van der Waals surface area contributed by atoms with Gasteiger partial charge in [-0.1, -0.05) is 0 Å². The van der Waals surface area contributed by atoms with Gasteiger partial charge in [0, 0.05) is 31.7 Å². The fourth-order valence-corrected chi connectivity index (χ4v) is 2.59. The maximum atomic E-state index is 10.9. The molecule has 15 heavy (non-hydrogen) atoms. The first kappa shape index (κ1) is 10.7. The lowest BCUT2D eigenvalue weighted by molar-refractivity contribution is 0.0674. The molecule has 2 aliphatic heterocycles. The molecule has 1 amide bonds. The fourth-order valence-electron chi connectivity index (χ4n) is 2.59. The van der Waals surface area contributed by atoms with Crippen LogP contribution in [0.1, 0.15) is 19.8 Å². The number of fused-ring (bicyclic) bond motifs is 2. The van der Waals surface area contributed by atoms with Crippen LogP contribution in [0, 0.1) is 0 Å². The van der Waals surface area contributed by atoms with Crippen molar-refractivity contribution >= 4 is 6.09 Å². The molecule has 0 aromatic heterocycles. The summed E-state index contributed by atoms with van der Waals surface area (Å²) in [5.74, 6) is 0. The lowest BCUT2D eigenvalue weighted by Gasteiger charge is -2.37. The van der Waals surface area contributed by atoms with Gasteiger partial charge in [-0.05, 0) is 19.8 Å². The lowest BCUT2D eigenvalue weighted by atomic mass is 10.2. The maximum Gasteiger partial charge on any atom is 0.408 e. The highest BCUT2D eigenvalue weighted by Gasteiger charge is 2.37. The minimum Gasteiger partial charge on any atom is -0.465 e. The second kappa shape index (κ2) is 4.37. The molecule has 2 fully saturated rings. The summed E-state index contributed by atoms with van der Waals surface area (Å²) < 4.78 is 0. The van der Waals surface area contributed by atoms with E-state index in [-0.39, 0.29) is 0 Å². The molecule has 2 saturated heterocycles. The van der Waals surface area contributed by atoms with Gasteiger partial charge in [-0.2, -0.15) is 0 Å². The van der Waals surface area contributed by atoms with Gasteiger partial charge in [-0.15, -0.1) is 0 Å². The van der Waals surface area contributed by atoms with Gasteiger partial charge in [0.05, 0.1) is 6.67 Å². The number of nitrogens with zero attached hydrogens (tertiary/aromatic N) is 2. The smallest absolute Gasteiger partial charge is 0.408 e. The van der Waals surface area contributed by atoms with Gasteiger partial charge in [0.25, 0.3) is 0 Å². The van der Waals surface area contributed by atoms with Gasteiger partial charge >= 0.3 is 6.09 Å². The van der Waals surface area contributed by atoms with E-state index in [0.29, 0.717) is 25.3 Å². The highest BCUT2D eigenvalue weighted by Crippen LogP contribution is 2.26. The molecule has 0 spiro atoms. The van der Waals surface area contributed by atoms with Crippen LogP contribution in [0.25, 0.3) is 0 Å². The van der Waals surface area contributed by atoms with Crippen LogP contribution in [-0.2, 0) is 0 Å². The molecule has 2 bridgehead atoms. The fraction of sp³-hybridized carbons (Fsp3) is 0.900. The van der Waals surface area contributed by atoms with E-state index in [2.05, 4.69) is 10.2 Å². The average Bonchev–Trinajstić information content (AvgIpc) is 2.46. The molecule has 0 radical (unpaired) electrons. The average molecular weight is 213 g/mol. The Morgan fingerprint density at radius 1 is 1.47 bits per heavy atom. The Bertz CT molecular complexity index is 231. The number of nitrogens with one attached hydrogen (secondary N) is 1. The zero-order valence-electron chi connectivity index (χ0n) is 9.15. The van der Waals surface area contributed by atoms with E-state index < -0.39 is 6.09 Å². The molecule has 0 aromatic carbocycles. The van der Waals surface area contributed by atoms with Crippen LogP contribution in [0.3, 0.4) is 0 Å². The summed E-state index contributed by atoms with van der Waals surface area (Å²) in [5, 5.41) is 12.4. The Labute approximate surface area is 90.0 Å². The summed E-state index contributed by atoms with van der Waals surface area (Å²) in [7, 11) is 0. The van der Waals surface area contributed by atoms with Gasteiger partial charge < -0.3 is 10.4 Å². The van der Waals surface area contributed by atoms with Crippen LogP contribution in [-0.4, -0.2) is 59.4 Å². The van der Waals surface area contributed by atoms with Crippen LogP contribution in [0.5, 0.6) is 0 Å². The Morgan fingerprint density at radius 3 is 2.53 bits per heavy atom. The van der Waals surface area contributed by atoms with E-state index in [4.69, 9.17) is 5.11 Å². The van der Waals surface area contributed by atoms with Crippen molar-refractivity contribution in [1.29, 1.82) is 0 Å². The third-order valence-electron chi connectivity index (χ3n) is 3.52. The molecule has 5 heteroatoms. The molecular formula is C10H19N3O2. The topological polar surface area (TPSA) is 55.8 Å². The summed E-state index contributed by atoms with van der Waals surface area (Å²) >= 11 is 0. The molecular weight excluding hydrogens is 194 g/mol. The van der Waals surface area contributed by atoms with Crippen molar-refractivity contribution in [1.82, 2.24) is 15.1 Å². The van der Waals surface area contributed by atoms with Gasteiger partial charge in [-0.3, -0.25) is 9.80 Å². The Morgan fingerprint density at radius 2 is 2.07 bits per heavy atom. The van der Waals surface area contributed by atoms with E-state index in [9.17, 15) is 4.79 Å². The maximum absolute atomic E-state index is 10.9. The zero-order chi connectivity index (χ0) is 10.8.